The van der Waals surface area contributed by atoms with Crippen LogP contribution in [0.2, 0.25) is 0 Å². The number of carbonyl (C=O) groups is 2. The van der Waals surface area contributed by atoms with Gasteiger partial charge in [-0.05, 0) is 63.0 Å². The van der Waals surface area contributed by atoms with Crippen LogP contribution in [0.4, 0.5) is 5.69 Å². The summed E-state index contributed by atoms with van der Waals surface area (Å²) in [5.41, 5.74) is 0.570. The van der Waals surface area contributed by atoms with Crippen LogP contribution in [-0.2, 0) is 19.6 Å². The van der Waals surface area contributed by atoms with Crippen molar-refractivity contribution in [3.63, 3.8) is 0 Å². The van der Waals surface area contributed by atoms with Gasteiger partial charge in [-0.25, -0.2) is 8.42 Å². The molecule has 2 saturated heterocycles. The molecule has 8 nitrogen and oxygen atoms in total. The highest BCUT2D eigenvalue weighted by molar-refractivity contribution is 7.89. The zero-order chi connectivity index (χ0) is 21.9. The van der Waals surface area contributed by atoms with Crippen molar-refractivity contribution >= 4 is 27.5 Å². The lowest BCUT2D eigenvalue weighted by molar-refractivity contribution is -0.131. The van der Waals surface area contributed by atoms with Gasteiger partial charge in [0.2, 0.25) is 21.8 Å². The van der Waals surface area contributed by atoms with Gasteiger partial charge in [0.15, 0.2) is 0 Å². The molecule has 3 rings (SSSR count). The van der Waals surface area contributed by atoms with E-state index in [1.165, 1.54) is 19.1 Å². The van der Waals surface area contributed by atoms with E-state index in [1.807, 2.05) is 19.0 Å². The average molecular weight is 437 g/mol. The van der Waals surface area contributed by atoms with Crippen molar-refractivity contribution in [3.8, 4) is 0 Å². The number of fused-ring (bicyclic) bond motifs is 1. The molecule has 166 valence electrons. The minimum absolute atomic E-state index is 0.189. The zero-order valence-electron chi connectivity index (χ0n) is 18.0. The van der Waals surface area contributed by atoms with Gasteiger partial charge in [0.05, 0.1) is 4.90 Å². The molecule has 2 heterocycles. The normalized spacial score (nSPS) is 23.2. The van der Waals surface area contributed by atoms with E-state index in [9.17, 15) is 18.0 Å². The molecule has 2 amide bonds. The third kappa shape index (κ3) is 5.39. The van der Waals surface area contributed by atoms with Crippen LogP contribution < -0.4 is 5.32 Å². The molecule has 0 aliphatic carbocycles. The molecule has 0 bridgehead atoms. The van der Waals surface area contributed by atoms with Crippen molar-refractivity contribution in [2.24, 2.45) is 11.8 Å². The first-order chi connectivity index (χ1) is 14.2. The van der Waals surface area contributed by atoms with E-state index >= 15 is 0 Å². The largest absolute Gasteiger partial charge is 0.341 e. The van der Waals surface area contributed by atoms with Crippen molar-refractivity contribution in [1.29, 1.82) is 0 Å². The topological polar surface area (TPSA) is 90.0 Å². The van der Waals surface area contributed by atoms with Gasteiger partial charge in [0.1, 0.15) is 0 Å². The fraction of sp³-hybridized carbons (Fsp3) is 0.619. The number of carbonyl (C=O) groups excluding carboxylic acids is 2. The zero-order valence-corrected chi connectivity index (χ0v) is 18.8. The molecule has 9 heteroatoms. The average Bonchev–Trinajstić information content (AvgIpc) is 2.83. The minimum atomic E-state index is -3.60. The van der Waals surface area contributed by atoms with Crippen LogP contribution in [0.5, 0.6) is 0 Å². The Balaban J connectivity index is 1.67. The summed E-state index contributed by atoms with van der Waals surface area (Å²) in [5.74, 6) is 0.431. The molecule has 2 aliphatic heterocycles. The molecule has 30 heavy (non-hydrogen) atoms. The standard InChI is InChI=1S/C21H32N4O4S/c1-16(26)22-19-4-6-20(7-5-19)30(28,29)25-11-9-17-14-21(27)24(13-12-23(2)3)10-8-18(17)15-25/h4-7,17-18H,8-15H2,1-3H3,(H,22,26)/t17-,18+/m1/s1. The number of anilines is 1. The molecular weight excluding hydrogens is 404 g/mol. The Kier molecular flexibility index (Phi) is 7.15. The van der Waals surface area contributed by atoms with Gasteiger partial charge in [-0.15, -0.1) is 0 Å². The van der Waals surface area contributed by atoms with Crippen molar-refractivity contribution in [2.45, 2.75) is 31.1 Å². The first-order valence-corrected chi connectivity index (χ1v) is 11.9. The van der Waals surface area contributed by atoms with Crippen molar-refractivity contribution in [2.75, 3.05) is 52.1 Å². The second-order valence-electron chi connectivity index (χ2n) is 8.55. The van der Waals surface area contributed by atoms with Crippen LogP contribution in [0, 0.1) is 11.8 Å². The first kappa shape index (κ1) is 22.7. The summed E-state index contributed by atoms with van der Waals surface area (Å²) >= 11 is 0. The molecule has 2 fully saturated rings. The molecule has 0 unspecified atom stereocenters. The van der Waals surface area contributed by atoms with E-state index in [2.05, 4.69) is 10.2 Å². The predicted octanol–water partition coefficient (Wildman–Crippen LogP) is 1.46. The lowest BCUT2D eigenvalue weighted by Crippen LogP contribution is -2.43. The molecule has 0 spiro atoms. The molecule has 0 aromatic heterocycles. The maximum Gasteiger partial charge on any atom is 0.243 e. The number of hydrogen-bond acceptors (Lipinski definition) is 5. The summed E-state index contributed by atoms with van der Waals surface area (Å²) in [4.78, 5) is 28.0. The first-order valence-electron chi connectivity index (χ1n) is 10.5. The third-order valence-corrected chi connectivity index (χ3v) is 7.92. The number of nitrogens with one attached hydrogen (secondary N) is 1. The number of amides is 2. The monoisotopic (exact) mass is 436 g/mol. The number of likely N-dealkylation sites (tertiary alicyclic amines) is 1. The highest BCUT2D eigenvalue weighted by Gasteiger charge is 2.38. The summed E-state index contributed by atoms with van der Waals surface area (Å²) < 4.78 is 27.8. The molecule has 0 saturated carbocycles. The summed E-state index contributed by atoms with van der Waals surface area (Å²) in [6.45, 7) is 4.53. The Labute approximate surface area is 179 Å². The second-order valence-corrected chi connectivity index (χ2v) is 10.5. The summed E-state index contributed by atoms with van der Waals surface area (Å²) in [6.07, 6.45) is 2.05. The highest BCUT2D eigenvalue weighted by Crippen LogP contribution is 2.34. The summed E-state index contributed by atoms with van der Waals surface area (Å²) in [7, 11) is 0.384. The van der Waals surface area contributed by atoms with Gasteiger partial charge in [0.25, 0.3) is 0 Å². The Morgan fingerprint density at radius 3 is 2.43 bits per heavy atom. The quantitative estimate of drug-likeness (QED) is 0.729. The molecule has 2 aliphatic rings. The Bertz CT molecular complexity index is 869. The molecule has 0 radical (unpaired) electrons. The maximum absolute atomic E-state index is 13.1. The van der Waals surface area contributed by atoms with Crippen molar-refractivity contribution < 1.29 is 18.0 Å². The summed E-state index contributed by atoms with van der Waals surface area (Å²) in [6, 6.07) is 6.28. The SMILES string of the molecule is CC(=O)Nc1ccc(S(=O)(=O)N2CC[C@@H]3CC(=O)N(CCN(C)C)CC[C@H]3C2)cc1. The van der Waals surface area contributed by atoms with Gasteiger partial charge >= 0.3 is 0 Å². The van der Waals surface area contributed by atoms with Crippen molar-refractivity contribution in [3.05, 3.63) is 24.3 Å². The van der Waals surface area contributed by atoms with Gasteiger partial charge in [-0.2, -0.15) is 4.31 Å². The lowest BCUT2D eigenvalue weighted by atomic mass is 9.83. The van der Waals surface area contributed by atoms with Crippen LogP contribution >= 0.6 is 0 Å². The molecule has 1 aromatic rings. The van der Waals surface area contributed by atoms with Crippen LogP contribution in [0.3, 0.4) is 0 Å². The van der Waals surface area contributed by atoms with Gasteiger partial charge in [-0.1, -0.05) is 0 Å². The van der Waals surface area contributed by atoms with E-state index in [1.54, 1.807) is 16.4 Å². The van der Waals surface area contributed by atoms with E-state index in [0.29, 0.717) is 44.7 Å². The number of rotatable bonds is 6. The number of sulfonamides is 1. The van der Waals surface area contributed by atoms with E-state index in [4.69, 9.17) is 0 Å². The van der Waals surface area contributed by atoms with Crippen molar-refractivity contribution in [1.82, 2.24) is 14.1 Å². The number of piperidine rings is 1. The van der Waals surface area contributed by atoms with E-state index in [0.717, 1.165) is 13.0 Å². The molecule has 1 aromatic carbocycles. The van der Waals surface area contributed by atoms with E-state index < -0.39 is 10.0 Å². The Hall–Kier alpha value is -1.97. The smallest absolute Gasteiger partial charge is 0.243 e. The van der Waals surface area contributed by atoms with E-state index in [-0.39, 0.29) is 28.5 Å². The number of nitrogens with zero attached hydrogens (tertiary/aromatic N) is 3. The molecule has 2 atom stereocenters. The molecular formula is C21H32N4O4S. The second kappa shape index (κ2) is 9.45. The van der Waals surface area contributed by atoms with Gasteiger partial charge in [-0.3, -0.25) is 9.59 Å². The number of hydrogen-bond donors (Lipinski definition) is 1. The minimum Gasteiger partial charge on any atom is -0.341 e. The Morgan fingerprint density at radius 1 is 1.13 bits per heavy atom. The highest BCUT2D eigenvalue weighted by atomic mass is 32.2. The van der Waals surface area contributed by atoms with Gasteiger partial charge < -0.3 is 15.1 Å². The number of benzene rings is 1. The third-order valence-electron chi connectivity index (χ3n) is 6.04. The molecule has 1 N–H and O–H groups in total. The fourth-order valence-electron chi connectivity index (χ4n) is 4.28. The van der Waals surface area contributed by atoms with Crippen LogP contribution in [0.25, 0.3) is 0 Å². The maximum atomic E-state index is 13.1. The Morgan fingerprint density at radius 2 is 1.80 bits per heavy atom. The van der Waals surface area contributed by atoms with Crippen LogP contribution in [0.1, 0.15) is 26.2 Å². The lowest BCUT2D eigenvalue weighted by Gasteiger charge is -2.36. The van der Waals surface area contributed by atoms with Crippen LogP contribution in [0.15, 0.2) is 29.2 Å². The fourth-order valence-corrected chi connectivity index (χ4v) is 5.79. The summed E-state index contributed by atoms with van der Waals surface area (Å²) in [5, 5.41) is 2.65. The van der Waals surface area contributed by atoms with Crippen LogP contribution in [-0.4, -0.2) is 81.2 Å². The number of likely N-dealkylation sites (N-methyl/N-ethyl adjacent to an activating group) is 1. The van der Waals surface area contributed by atoms with Gasteiger partial charge in [0, 0.05) is 51.8 Å². The predicted molar refractivity (Wildman–Crippen MR) is 115 cm³/mol.